The number of carbonyl (C=O) groups excluding carboxylic acids is 1. The van der Waals surface area contributed by atoms with Crippen LogP contribution in [0.15, 0.2) is 0 Å². The Hall–Kier alpha value is -1.59. The van der Waals surface area contributed by atoms with Crippen LogP contribution in [0.2, 0.25) is 0 Å². The van der Waals surface area contributed by atoms with Crippen molar-refractivity contribution in [2.75, 3.05) is 6.61 Å². The number of hydrogen-bond donors (Lipinski definition) is 7. The molecule has 0 aromatic carbocycles. The maximum Gasteiger partial charge on any atom is 0.368 e. The molecule has 0 aliphatic rings. The zero-order chi connectivity index (χ0) is 14.9. The number of carbonyl (C=O) groups is 3. The van der Waals surface area contributed by atoms with Crippen LogP contribution in [0.1, 0.15) is 0 Å². The smallest absolute Gasteiger partial charge is 0.368 e. The van der Waals surface area contributed by atoms with Crippen LogP contribution in [0, 0.1) is 0 Å². The molecule has 0 aromatic heterocycles. The summed E-state index contributed by atoms with van der Waals surface area (Å²) in [5, 5.41) is 59.2. The Kier molecular flexibility index (Phi) is 9.84. The maximum absolute atomic E-state index is 10.1. The number of hydrogen-bond acceptors (Lipinski definition) is 8. The minimum absolute atomic E-state index is 0.167. The van der Waals surface area contributed by atoms with Gasteiger partial charge in [0.05, 0.1) is 6.61 Å². The number of rotatable bonds is 6. The van der Waals surface area contributed by atoms with E-state index in [0.717, 1.165) is 0 Å². The first-order valence-corrected chi connectivity index (χ1v) is 4.43. The summed E-state index contributed by atoms with van der Waals surface area (Å²) in [6, 6.07) is 0. The number of aliphatic hydroxyl groups is 5. The van der Waals surface area contributed by atoms with E-state index >= 15 is 0 Å². The van der Waals surface area contributed by atoms with Crippen LogP contribution < -0.4 is 0 Å². The molecule has 10 heteroatoms. The van der Waals surface area contributed by atoms with Crippen LogP contribution in [-0.2, 0) is 14.4 Å². The first-order chi connectivity index (χ1) is 8.18. The van der Waals surface area contributed by atoms with Crippen LogP contribution in [0.5, 0.6) is 0 Å². The molecule has 0 fully saturated rings. The molecule has 0 radical (unpaired) electrons. The van der Waals surface area contributed by atoms with E-state index < -0.39 is 43.0 Å². The van der Waals surface area contributed by atoms with Crippen molar-refractivity contribution in [3.63, 3.8) is 0 Å². The lowest BCUT2D eigenvalue weighted by atomic mass is 10.0. The summed E-state index contributed by atoms with van der Waals surface area (Å²) in [7, 11) is 0. The highest BCUT2D eigenvalue weighted by atomic mass is 16.4. The van der Waals surface area contributed by atoms with E-state index in [-0.39, 0.29) is 6.29 Å². The number of aliphatic carboxylic acids is 2. The van der Waals surface area contributed by atoms with E-state index in [1.54, 1.807) is 0 Å². The molecule has 7 N–H and O–H groups in total. The molecule has 0 amide bonds. The zero-order valence-electron chi connectivity index (χ0n) is 8.95. The molecule has 0 aliphatic carbocycles. The molecule has 0 rings (SSSR count). The van der Waals surface area contributed by atoms with E-state index in [1.807, 2.05) is 0 Å². The van der Waals surface area contributed by atoms with Crippen molar-refractivity contribution in [3.05, 3.63) is 0 Å². The Morgan fingerprint density at radius 2 is 1.39 bits per heavy atom. The van der Waals surface area contributed by atoms with Crippen molar-refractivity contribution >= 4 is 18.2 Å². The van der Waals surface area contributed by atoms with Gasteiger partial charge < -0.3 is 35.7 Å². The van der Waals surface area contributed by atoms with Gasteiger partial charge in [-0.15, -0.1) is 0 Å². The van der Waals surface area contributed by atoms with E-state index in [4.69, 9.17) is 45.3 Å². The van der Waals surface area contributed by atoms with E-state index in [0.29, 0.717) is 0 Å². The van der Waals surface area contributed by atoms with Gasteiger partial charge in [0.25, 0.3) is 0 Å². The highest BCUT2D eigenvalue weighted by molar-refractivity contribution is 6.19. The second kappa shape index (κ2) is 9.44. The van der Waals surface area contributed by atoms with Crippen molar-refractivity contribution < 1.29 is 50.1 Å². The molecule has 10 nitrogen and oxygen atoms in total. The van der Waals surface area contributed by atoms with Gasteiger partial charge in [-0.05, 0) is 0 Å². The molecule has 106 valence electrons. The van der Waals surface area contributed by atoms with Gasteiger partial charge in [0.2, 0.25) is 6.29 Å². The topological polar surface area (TPSA) is 193 Å². The Balaban J connectivity index is 0. The van der Waals surface area contributed by atoms with Gasteiger partial charge in [-0.25, -0.2) is 9.59 Å². The third-order valence-corrected chi connectivity index (χ3v) is 1.61. The van der Waals surface area contributed by atoms with Gasteiger partial charge in [0.15, 0.2) is 6.10 Å². The molecule has 0 bridgehead atoms. The minimum atomic E-state index is -2.20. The second-order valence-electron chi connectivity index (χ2n) is 2.97. The molecule has 0 aromatic rings. The zero-order valence-corrected chi connectivity index (χ0v) is 8.95. The third kappa shape index (κ3) is 7.65. The predicted molar refractivity (Wildman–Crippen MR) is 52.4 cm³/mol. The molecule has 0 saturated carbocycles. The van der Waals surface area contributed by atoms with Crippen molar-refractivity contribution in [2.45, 2.75) is 24.4 Å². The minimum Gasteiger partial charge on any atom is -0.479 e. The lowest BCUT2D eigenvalue weighted by Gasteiger charge is -2.23. The summed E-state index contributed by atoms with van der Waals surface area (Å²) in [5.41, 5.74) is 0. The molecule has 4 atom stereocenters. The number of carboxylic acid groups (broad SMARTS) is 2. The van der Waals surface area contributed by atoms with Gasteiger partial charge in [0, 0.05) is 0 Å². The molecular formula is C8H14O10. The predicted octanol–water partition coefficient (Wildman–Crippen LogP) is -4.22. The average Bonchev–Trinajstić information content (AvgIpc) is 2.35. The Morgan fingerprint density at radius 3 is 1.61 bits per heavy atom. The van der Waals surface area contributed by atoms with Gasteiger partial charge in [-0.2, -0.15) is 0 Å². The van der Waals surface area contributed by atoms with Crippen molar-refractivity contribution in [3.8, 4) is 0 Å². The number of aldehydes is 1. The molecule has 18 heavy (non-hydrogen) atoms. The summed E-state index contributed by atoms with van der Waals surface area (Å²) in [6.45, 7) is -0.843. The second-order valence-corrected chi connectivity index (χ2v) is 2.97. The molecule has 0 saturated heterocycles. The van der Waals surface area contributed by atoms with Crippen molar-refractivity contribution in [1.29, 1.82) is 0 Å². The van der Waals surface area contributed by atoms with Crippen molar-refractivity contribution in [1.82, 2.24) is 0 Å². The van der Waals surface area contributed by atoms with Crippen LogP contribution in [0.25, 0.3) is 0 Å². The summed E-state index contributed by atoms with van der Waals surface area (Å²) in [6.07, 6.45) is -8.00. The summed E-state index contributed by atoms with van der Waals surface area (Å²) in [4.78, 5) is 28.0. The first kappa shape index (κ1) is 18.8. The van der Waals surface area contributed by atoms with Crippen LogP contribution in [0.4, 0.5) is 0 Å². The fourth-order valence-corrected chi connectivity index (χ4v) is 0.668. The van der Waals surface area contributed by atoms with Crippen molar-refractivity contribution in [2.24, 2.45) is 0 Å². The van der Waals surface area contributed by atoms with Crippen LogP contribution >= 0.6 is 0 Å². The molecular weight excluding hydrogens is 256 g/mol. The molecule has 0 heterocycles. The Labute approximate surface area is 100 Å². The monoisotopic (exact) mass is 270 g/mol. The average molecular weight is 270 g/mol. The summed E-state index contributed by atoms with van der Waals surface area (Å²) in [5.74, 6) is -3.15. The highest BCUT2D eigenvalue weighted by Crippen LogP contribution is 2.04. The third-order valence-electron chi connectivity index (χ3n) is 1.61. The van der Waals surface area contributed by atoms with Crippen LogP contribution in [-0.4, -0.2) is 85.0 Å². The van der Waals surface area contributed by atoms with Gasteiger partial charge in [0.1, 0.15) is 18.3 Å². The maximum atomic E-state index is 10.1. The van der Waals surface area contributed by atoms with Gasteiger partial charge >= 0.3 is 11.9 Å². The fraction of sp³-hybridized carbons (Fsp3) is 0.625. The first-order valence-electron chi connectivity index (χ1n) is 4.43. The van der Waals surface area contributed by atoms with Gasteiger partial charge in [-0.1, -0.05) is 0 Å². The quantitative estimate of drug-likeness (QED) is 0.183. The summed E-state index contributed by atoms with van der Waals surface area (Å²) < 4.78 is 0. The molecule has 0 aliphatic heterocycles. The standard InChI is InChI=1S/C6H12O7.C2H2O3/c7-1-2(8)3(9)4(10)5(11)6(12)13;3-1-2(4)5/h2-5,7-11H,1H2,(H,12,13);1H,(H,4,5). The fourth-order valence-electron chi connectivity index (χ4n) is 0.668. The van der Waals surface area contributed by atoms with E-state index in [9.17, 15) is 4.79 Å². The Morgan fingerprint density at radius 1 is 1.00 bits per heavy atom. The number of carboxylic acids is 2. The Bertz CT molecular complexity index is 277. The van der Waals surface area contributed by atoms with Crippen LogP contribution in [0.3, 0.4) is 0 Å². The lowest BCUT2D eigenvalue weighted by molar-refractivity contribution is -0.164. The van der Waals surface area contributed by atoms with E-state index in [2.05, 4.69) is 0 Å². The van der Waals surface area contributed by atoms with Gasteiger partial charge in [-0.3, -0.25) is 4.79 Å². The molecule has 4 unspecified atom stereocenters. The SMILES string of the molecule is O=C(O)C(O)C(O)C(O)C(O)CO.O=CC(=O)O. The molecule has 0 spiro atoms. The summed E-state index contributed by atoms with van der Waals surface area (Å²) >= 11 is 0. The number of aliphatic hydroxyl groups excluding tert-OH is 5. The lowest BCUT2D eigenvalue weighted by Crippen LogP contribution is -2.48. The van der Waals surface area contributed by atoms with E-state index in [1.165, 1.54) is 0 Å². The largest absolute Gasteiger partial charge is 0.479 e. The highest BCUT2D eigenvalue weighted by Gasteiger charge is 2.33. The normalized spacial score (nSPS) is 16.5.